The zero-order valence-electron chi connectivity index (χ0n) is 10.9. The first kappa shape index (κ1) is 13.2. The molecule has 2 atom stereocenters. The molecule has 1 aliphatic carbocycles. The van der Waals surface area contributed by atoms with E-state index in [4.69, 9.17) is 10.3 Å². The zero-order chi connectivity index (χ0) is 14.1. The zero-order valence-corrected chi connectivity index (χ0v) is 10.9. The summed E-state index contributed by atoms with van der Waals surface area (Å²) in [7, 11) is 0. The van der Waals surface area contributed by atoms with E-state index in [9.17, 15) is 8.78 Å². The maximum absolute atomic E-state index is 13.1. The third-order valence-corrected chi connectivity index (χ3v) is 3.59. The van der Waals surface area contributed by atoms with Gasteiger partial charge in [-0.3, -0.25) is 0 Å². The predicted octanol–water partition coefficient (Wildman–Crippen LogP) is 2.53. The summed E-state index contributed by atoms with van der Waals surface area (Å²) >= 11 is 0. The standard InChI is InChI=1S/C14H15F2N3O/c15-10-3-8(4-11(16)7-10)5-13-18-14(20-19-13)9-1-2-12(17)6-9/h3-4,7,9,12H,1-2,5-6,17H2. The summed E-state index contributed by atoms with van der Waals surface area (Å²) in [5.74, 6) is 0.00163. The fourth-order valence-corrected chi connectivity index (χ4v) is 2.64. The lowest BCUT2D eigenvalue weighted by Crippen LogP contribution is -2.14. The van der Waals surface area contributed by atoms with Crippen LogP contribution in [0.15, 0.2) is 22.7 Å². The van der Waals surface area contributed by atoms with Crippen molar-refractivity contribution in [2.45, 2.75) is 37.6 Å². The van der Waals surface area contributed by atoms with E-state index in [1.165, 1.54) is 12.1 Å². The van der Waals surface area contributed by atoms with Crippen LogP contribution in [0, 0.1) is 11.6 Å². The molecule has 0 spiro atoms. The molecule has 0 bridgehead atoms. The van der Waals surface area contributed by atoms with Crippen LogP contribution in [0.25, 0.3) is 0 Å². The topological polar surface area (TPSA) is 64.9 Å². The van der Waals surface area contributed by atoms with Gasteiger partial charge in [0.25, 0.3) is 0 Å². The van der Waals surface area contributed by atoms with Gasteiger partial charge < -0.3 is 10.3 Å². The molecule has 0 amide bonds. The SMILES string of the molecule is NC1CCC(c2nc(Cc3cc(F)cc(F)c3)no2)C1. The Balaban J connectivity index is 1.73. The smallest absolute Gasteiger partial charge is 0.229 e. The minimum Gasteiger partial charge on any atom is -0.339 e. The van der Waals surface area contributed by atoms with Gasteiger partial charge in [0, 0.05) is 24.4 Å². The van der Waals surface area contributed by atoms with E-state index in [1.54, 1.807) is 0 Å². The monoisotopic (exact) mass is 279 g/mol. The van der Waals surface area contributed by atoms with E-state index < -0.39 is 11.6 Å². The largest absolute Gasteiger partial charge is 0.339 e. The van der Waals surface area contributed by atoms with Gasteiger partial charge in [-0.2, -0.15) is 4.98 Å². The van der Waals surface area contributed by atoms with E-state index in [2.05, 4.69) is 10.1 Å². The lowest BCUT2D eigenvalue weighted by Gasteiger charge is -2.01. The van der Waals surface area contributed by atoms with Crippen LogP contribution in [0.5, 0.6) is 0 Å². The van der Waals surface area contributed by atoms with Crippen molar-refractivity contribution in [3.63, 3.8) is 0 Å². The molecule has 3 rings (SSSR count). The van der Waals surface area contributed by atoms with Gasteiger partial charge in [-0.15, -0.1) is 0 Å². The molecule has 1 aromatic heterocycles. The van der Waals surface area contributed by atoms with Gasteiger partial charge in [-0.1, -0.05) is 5.16 Å². The summed E-state index contributed by atoms with van der Waals surface area (Å²) in [4.78, 5) is 4.30. The van der Waals surface area contributed by atoms with Crippen molar-refractivity contribution < 1.29 is 13.3 Å². The van der Waals surface area contributed by atoms with Gasteiger partial charge in [0.05, 0.1) is 0 Å². The second-order valence-electron chi connectivity index (χ2n) is 5.27. The van der Waals surface area contributed by atoms with Crippen molar-refractivity contribution in [3.05, 3.63) is 47.1 Å². The average molecular weight is 279 g/mol. The van der Waals surface area contributed by atoms with Crippen LogP contribution < -0.4 is 5.73 Å². The molecule has 1 fully saturated rings. The van der Waals surface area contributed by atoms with Crippen LogP contribution in [-0.4, -0.2) is 16.2 Å². The van der Waals surface area contributed by atoms with E-state index in [0.717, 1.165) is 25.3 Å². The first-order chi connectivity index (χ1) is 9.60. The summed E-state index contributed by atoms with van der Waals surface area (Å²) in [6.07, 6.45) is 2.99. The number of nitrogens with two attached hydrogens (primary N) is 1. The number of rotatable bonds is 3. The van der Waals surface area contributed by atoms with Gasteiger partial charge in [0.1, 0.15) is 11.6 Å². The van der Waals surface area contributed by atoms with Crippen LogP contribution >= 0.6 is 0 Å². The summed E-state index contributed by atoms with van der Waals surface area (Å²) in [6, 6.07) is 3.56. The Labute approximate surface area is 115 Å². The number of nitrogens with zero attached hydrogens (tertiary/aromatic N) is 2. The fourth-order valence-electron chi connectivity index (χ4n) is 2.64. The average Bonchev–Trinajstić information content (AvgIpc) is 2.96. The number of hydrogen-bond acceptors (Lipinski definition) is 4. The van der Waals surface area contributed by atoms with Crippen molar-refractivity contribution in [1.82, 2.24) is 10.1 Å². The highest BCUT2D eigenvalue weighted by molar-refractivity contribution is 5.21. The Kier molecular flexibility index (Phi) is 3.48. The molecule has 1 aromatic carbocycles. The number of aromatic nitrogens is 2. The molecule has 2 N–H and O–H groups in total. The highest BCUT2D eigenvalue weighted by atomic mass is 19.1. The van der Waals surface area contributed by atoms with Crippen LogP contribution in [0.2, 0.25) is 0 Å². The van der Waals surface area contributed by atoms with E-state index in [-0.39, 0.29) is 18.4 Å². The molecule has 0 radical (unpaired) electrons. The van der Waals surface area contributed by atoms with E-state index >= 15 is 0 Å². The van der Waals surface area contributed by atoms with Gasteiger partial charge in [0.2, 0.25) is 5.89 Å². The lowest BCUT2D eigenvalue weighted by molar-refractivity contribution is 0.350. The van der Waals surface area contributed by atoms with Crippen LogP contribution in [-0.2, 0) is 6.42 Å². The van der Waals surface area contributed by atoms with Crippen LogP contribution in [0.3, 0.4) is 0 Å². The summed E-state index contributed by atoms with van der Waals surface area (Å²) in [5, 5.41) is 3.87. The molecule has 0 aliphatic heterocycles. The van der Waals surface area contributed by atoms with Crippen molar-refractivity contribution in [3.8, 4) is 0 Å². The minimum atomic E-state index is -0.606. The summed E-state index contributed by atoms with van der Waals surface area (Å²) in [5.41, 5.74) is 6.34. The Morgan fingerprint density at radius 2 is 1.95 bits per heavy atom. The second kappa shape index (κ2) is 5.28. The minimum absolute atomic E-state index is 0.188. The molecule has 2 unspecified atom stereocenters. The van der Waals surface area contributed by atoms with Crippen LogP contribution in [0.1, 0.15) is 42.5 Å². The maximum atomic E-state index is 13.1. The molecule has 4 nitrogen and oxygen atoms in total. The predicted molar refractivity (Wildman–Crippen MR) is 68.0 cm³/mol. The van der Waals surface area contributed by atoms with E-state index in [0.29, 0.717) is 17.3 Å². The Hall–Kier alpha value is -1.82. The highest BCUT2D eigenvalue weighted by Gasteiger charge is 2.27. The van der Waals surface area contributed by atoms with E-state index in [1.807, 2.05) is 0 Å². The Morgan fingerprint density at radius 3 is 2.60 bits per heavy atom. The first-order valence-corrected chi connectivity index (χ1v) is 6.63. The van der Waals surface area contributed by atoms with Crippen molar-refractivity contribution in [2.75, 3.05) is 0 Å². The fraction of sp³-hybridized carbons (Fsp3) is 0.429. The molecular formula is C14H15F2N3O. The number of hydrogen-bond donors (Lipinski definition) is 1. The second-order valence-corrected chi connectivity index (χ2v) is 5.27. The lowest BCUT2D eigenvalue weighted by atomic mass is 10.1. The molecule has 106 valence electrons. The van der Waals surface area contributed by atoms with Gasteiger partial charge in [0.15, 0.2) is 5.82 Å². The van der Waals surface area contributed by atoms with Crippen molar-refractivity contribution in [2.24, 2.45) is 5.73 Å². The summed E-state index contributed by atoms with van der Waals surface area (Å²) in [6.45, 7) is 0. The molecule has 1 saturated carbocycles. The number of benzene rings is 1. The van der Waals surface area contributed by atoms with Crippen molar-refractivity contribution in [1.29, 1.82) is 0 Å². The highest BCUT2D eigenvalue weighted by Crippen LogP contribution is 2.32. The molecule has 6 heteroatoms. The molecule has 2 aromatic rings. The molecule has 1 heterocycles. The first-order valence-electron chi connectivity index (χ1n) is 6.63. The number of halogens is 2. The Bertz CT molecular complexity index is 594. The molecular weight excluding hydrogens is 264 g/mol. The van der Waals surface area contributed by atoms with Gasteiger partial charge in [-0.05, 0) is 37.0 Å². The van der Waals surface area contributed by atoms with Gasteiger partial charge >= 0.3 is 0 Å². The summed E-state index contributed by atoms with van der Waals surface area (Å²) < 4.78 is 31.4. The third kappa shape index (κ3) is 2.85. The Morgan fingerprint density at radius 1 is 1.20 bits per heavy atom. The van der Waals surface area contributed by atoms with Crippen molar-refractivity contribution >= 4 is 0 Å². The van der Waals surface area contributed by atoms with Gasteiger partial charge in [-0.25, -0.2) is 8.78 Å². The van der Waals surface area contributed by atoms with Crippen LogP contribution in [0.4, 0.5) is 8.78 Å². The normalized spacial score (nSPS) is 22.4. The third-order valence-electron chi connectivity index (χ3n) is 3.59. The molecule has 20 heavy (non-hydrogen) atoms. The maximum Gasteiger partial charge on any atom is 0.229 e. The molecule has 1 aliphatic rings. The quantitative estimate of drug-likeness (QED) is 0.937. The molecule has 0 saturated heterocycles.